The van der Waals surface area contributed by atoms with Gasteiger partial charge in [0.2, 0.25) is 0 Å². The van der Waals surface area contributed by atoms with Crippen LogP contribution in [0.4, 0.5) is 11.4 Å². The second-order valence-electron chi connectivity index (χ2n) is 4.60. The van der Waals surface area contributed by atoms with Crippen molar-refractivity contribution >= 4 is 32.3 Å². The van der Waals surface area contributed by atoms with Gasteiger partial charge in [0.05, 0.1) is 21.0 Å². The van der Waals surface area contributed by atoms with Gasteiger partial charge in [-0.3, -0.25) is 14.8 Å². The summed E-state index contributed by atoms with van der Waals surface area (Å²) in [6, 6.07) is 11.8. The molecule has 0 aliphatic rings. The molecule has 112 valence electrons. The first-order valence-electron chi connectivity index (χ1n) is 6.31. The normalized spacial score (nSPS) is 11.5. The molecule has 0 atom stereocenters. The van der Waals surface area contributed by atoms with E-state index in [1.807, 2.05) is 12.1 Å². The van der Waals surface area contributed by atoms with E-state index < -0.39 is 14.9 Å². The average molecular weight is 317 g/mol. The molecule has 0 radical (unpaired) electrons. The van der Waals surface area contributed by atoms with Crippen molar-refractivity contribution < 1.29 is 13.3 Å². The summed E-state index contributed by atoms with van der Waals surface area (Å²) in [5, 5.41) is 11.5. The molecular formula is C14H11N3O4S. The number of rotatable bonds is 4. The lowest BCUT2D eigenvalue weighted by molar-refractivity contribution is -0.384. The van der Waals surface area contributed by atoms with Gasteiger partial charge in [0, 0.05) is 23.7 Å². The van der Waals surface area contributed by atoms with Crippen LogP contribution in [0.25, 0.3) is 10.9 Å². The van der Waals surface area contributed by atoms with Gasteiger partial charge in [0.1, 0.15) is 0 Å². The maximum Gasteiger partial charge on any atom is 0.269 e. The number of aromatic amines is 1. The van der Waals surface area contributed by atoms with Crippen molar-refractivity contribution in [2.75, 3.05) is 4.72 Å². The van der Waals surface area contributed by atoms with Crippen LogP contribution in [0.15, 0.2) is 59.6 Å². The van der Waals surface area contributed by atoms with Crippen LogP contribution in [-0.4, -0.2) is 18.3 Å². The van der Waals surface area contributed by atoms with Crippen LogP contribution in [0.2, 0.25) is 0 Å². The molecule has 0 amide bonds. The van der Waals surface area contributed by atoms with Crippen LogP contribution in [0.3, 0.4) is 0 Å². The number of hydrogen-bond acceptors (Lipinski definition) is 4. The molecule has 2 aromatic carbocycles. The fourth-order valence-corrected chi connectivity index (χ4v) is 3.19. The fourth-order valence-electron chi connectivity index (χ4n) is 2.12. The Kier molecular flexibility index (Phi) is 3.30. The van der Waals surface area contributed by atoms with E-state index in [0.29, 0.717) is 11.2 Å². The van der Waals surface area contributed by atoms with Crippen molar-refractivity contribution in [3.8, 4) is 0 Å². The number of aromatic nitrogens is 1. The Hall–Kier alpha value is -2.87. The third kappa shape index (κ3) is 2.51. The molecule has 0 bridgehead atoms. The maximum atomic E-state index is 12.4. The lowest BCUT2D eigenvalue weighted by Crippen LogP contribution is -2.13. The molecule has 0 aliphatic carbocycles. The number of nitro benzene ring substituents is 1. The van der Waals surface area contributed by atoms with Gasteiger partial charge in [-0.25, -0.2) is 8.42 Å². The summed E-state index contributed by atoms with van der Waals surface area (Å²) < 4.78 is 27.2. The first-order valence-corrected chi connectivity index (χ1v) is 7.79. The fraction of sp³-hybridized carbons (Fsp3) is 0. The van der Waals surface area contributed by atoms with Gasteiger partial charge in [0.15, 0.2) is 0 Å². The van der Waals surface area contributed by atoms with Crippen LogP contribution in [0.5, 0.6) is 0 Å². The third-order valence-corrected chi connectivity index (χ3v) is 4.57. The largest absolute Gasteiger partial charge is 0.359 e. The van der Waals surface area contributed by atoms with Crippen LogP contribution in [0, 0.1) is 10.1 Å². The number of nitrogens with one attached hydrogen (secondary N) is 2. The highest BCUT2D eigenvalue weighted by atomic mass is 32.2. The standard InChI is InChI=1S/C14H11N3O4S/c18-17(19)11-4-6-12(7-5-11)22(20,21)16-13-3-1-2-10-8-9-15-14(10)13/h1-9,15-16H. The molecule has 0 spiro atoms. The Labute approximate surface area is 125 Å². The van der Waals surface area contributed by atoms with Crippen LogP contribution >= 0.6 is 0 Å². The number of nitro groups is 1. The molecule has 2 N–H and O–H groups in total. The highest BCUT2D eigenvalue weighted by Gasteiger charge is 2.17. The average Bonchev–Trinajstić information content (AvgIpc) is 2.96. The minimum absolute atomic E-state index is 0.0401. The van der Waals surface area contributed by atoms with Gasteiger partial charge >= 0.3 is 0 Å². The molecule has 7 nitrogen and oxygen atoms in total. The zero-order valence-electron chi connectivity index (χ0n) is 11.2. The second-order valence-corrected chi connectivity index (χ2v) is 6.29. The van der Waals surface area contributed by atoms with Gasteiger partial charge in [0.25, 0.3) is 15.7 Å². The van der Waals surface area contributed by atoms with Crippen LogP contribution in [0.1, 0.15) is 0 Å². The van der Waals surface area contributed by atoms with E-state index in [-0.39, 0.29) is 10.6 Å². The maximum absolute atomic E-state index is 12.4. The summed E-state index contributed by atoms with van der Waals surface area (Å²) in [4.78, 5) is 13.0. The first kappa shape index (κ1) is 14.1. The van der Waals surface area contributed by atoms with E-state index in [9.17, 15) is 18.5 Å². The predicted molar refractivity (Wildman–Crippen MR) is 82.2 cm³/mol. The number of sulfonamides is 1. The van der Waals surface area contributed by atoms with E-state index in [4.69, 9.17) is 0 Å². The topological polar surface area (TPSA) is 105 Å². The number of para-hydroxylation sites is 1. The molecule has 3 aromatic rings. The molecule has 3 rings (SSSR count). The molecule has 0 saturated heterocycles. The zero-order valence-corrected chi connectivity index (χ0v) is 12.0. The number of benzene rings is 2. The molecule has 1 aromatic heterocycles. The molecule has 0 saturated carbocycles. The zero-order chi connectivity index (χ0) is 15.7. The molecule has 22 heavy (non-hydrogen) atoms. The number of fused-ring (bicyclic) bond motifs is 1. The third-order valence-electron chi connectivity index (χ3n) is 3.19. The van der Waals surface area contributed by atoms with Crippen LogP contribution in [-0.2, 0) is 10.0 Å². The number of anilines is 1. The van der Waals surface area contributed by atoms with Crippen molar-refractivity contribution in [1.29, 1.82) is 0 Å². The van der Waals surface area contributed by atoms with Gasteiger partial charge in [-0.05, 0) is 24.3 Å². The Balaban J connectivity index is 1.96. The van der Waals surface area contributed by atoms with Gasteiger partial charge in [-0.15, -0.1) is 0 Å². The van der Waals surface area contributed by atoms with Crippen molar-refractivity contribution in [1.82, 2.24) is 4.98 Å². The lowest BCUT2D eigenvalue weighted by Gasteiger charge is -2.09. The molecule has 0 fully saturated rings. The van der Waals surface area contributed by atoms with Crippen molar-refractivity contribution in [3.63, 3.8) is 0 Å². The van der Waals surface area contributed by atoms with Crippen molar-refractivity contribution in [2.45, 2.75) is 4.90 Å². The quantitative estimate of drug-likeness (QED) is 0.570. The van der Waals surface area contributed by atoms with Crippen molar-refractivity contribution in [2.24, 2.45) is 0 Å². The Bertz CT molecular complexity index is 946. The summed E-state index contributed by atoms with van der Waals surface area (Å²) in [5.41, 5.74) is 0.930. The van der Waals surface area contributed by atoms with Crippen molar-refractivity contribution in [3.05, 3.63) is 64.8 Å². The van der Waals surface area contributed by atoms with E-state index in [1.165, 1.54) is 12.1 Å². The smallest absolute Gasteiger partial charge is 0.269 e. The van der Waals surface area contributed by atoms with E-state index in [1.54, 1.807) is 18.3 Å². The molecule has 1 heterocycles. The minimum atomic E-state index is -3.82. The Morgan fingerprint density at radius 3 is 2.45 bits per heavy atom. The SMILES string of the molecule is O=[N+]([O-])c1ccc(S(=O)(=O)Nc2cccc3cc[nH]c23)cc1. The number of H-pyrrole nitrogens is 1. The number of non-ortho nitro benzene ring substituents is 1. The van der Waals surface area contributed by atoms with E-state index in [2.05, 4.69) is 9.71 Å². The Morgan fingerprint density at radius 2 is 1.77 bits per heavy atom. The Morgan fingerprint density at radius 1 is 1.05 bits per heavy atom. The summed E-state index contributed by atoms with van der Waals surface area (Å²) in [5.74, 6) is 0. The number of hydrogen-bond donors (Lipinski definition) is 2. The van der Waals surface area contributed by atoms with Gasteiger partial charge in [-0.1, -0.05) is 12.1 Å². The lowest BCUT2D eigenvalue weighted by atomic mass is 10.2. The number of nitrogens with zero attached hydrogens (tertiary/aromatic N) is 1. The summed E-state index contributed by atoms with van der Waals surface area (Å²) >= 11 is 0. The monoisotopic (exact) mass is 317 g/mol. The van der Waals surface area contributed by atoms with Crippen LogP contribution < -0.4 is 4.72 Å². The highest BCUT2D eigenvalue weighted by Crippen LogP contribution is 2.25. The van der Waals surface area contributed by atoms with E-state index in [0.717, 1.165) is 17.5 Å². The predicted octanol–water partition coefficient (Wildman–Crippen LogP) is 2.88. The van der Waals surface area contributed by atoms with E-state index >= 15 is 0 Å². The van der Waals surface area contributed by atoms with Gasteiger partial charge < -0.3 is 4.98 Å². The highest BCUT2D eigenvalue weighted by molar-refractivity contribution is 7.92. The second kappa shape index (κ2) is 5.15. The van der Waals surface area contributed by atoms with Gasteiger partial charge in [-0.2, -0.15) is 0 Å². The molecule has 8 heteroatoms. The minimum Gasteiger partial charge on any atom is -0.359 e. The summed E-state index contributed by atoms with van der Waals surface area (Å²) in [6.45, 7) is 0. The molecule has 0 aliphatic heterocycles. The summed E-state index contributed by atoms with van der Waals surface area (Å²) in [6.07, 6.45) is 1.72. The first-order chi connectivity index (χ1) is 10.5. The molecular weight excluding hydrogens is 306 g/mol. The summed E-state index contributed by atoms with van der Waals surface area (Å²) in [7, 11) is -3.82. The molecule has 0 unspecified atom stereocenters.